The lowest BCUT2D eigenvalue weighted by molar-refractivity contribution is 0.413. The van der Waals surface area contributed by atoms with Crippen molar-refractivity contribution in [1.29, 1.82) is 5.26 Å². The van der Waals surface area contributed by atoms with E-state index in [9.17, 15) is 0 Å². The molecule has 0 aliphatic heterocycles. The van der Waals surface area contributed by atoms with Crippen LogP contribution in [-0.4, -0.2) is 15.0 Å². The van der Waals surface area contributed by atoms with E-state index in [0.29, 0.717) is 17.6 Å². The van der Waals surface area contributed by atoms with Gasteiger partial charge in [-0.15, -0.1) is 0 Å². The van der Waals surface area contributed by atoms with Crippen molar-refractivity contribution in [2.24, 2.45) is 0 Å². The third-order valence-corrected chi connectivity index (χ3v) is 1.62. The lowest BCUT2D eigenvalue weighted by Crippen LogP contribution is -1.90. The zero-order chi connectivity index (χ0) is 8.97. The minimum atomic E-state index is 0.460. The highest BCUT2D eigenvalue weighted by Crippen LogP contribution is 2.18. The molecule has 0 saturated carbocycles. The second kappa shape index (κ2) is 3.82. The first-order chi connectivity index (χ1) is 5.81. The lowest BCUT2D eigenvalue weighted by Gasteiger charge is -2.03. The molecule has 0 heterocycles. The summed E-state index contributed by atoms with van der Waals surface area (Å²) < 4.78 is 5.00. The van der Waals surface area contributed by atoms with Crippen molar-refractivity contribution in [3.05, 3.63) is 29.3 Å². The number of rotatable bonds is 2. The summed E-state index contributed by atoms with van der Waals surface area (Å²) in [6.45, 7) is 0. The van der Waals surface area contributed by atoms with Gasteiger partial charge < -0.3 is 4.74 Å². The minimum Gasteiger partial charge on any atom is -0.495 e. The Bertz CT molecular complexity index is 317. The molecule has 0 spiro atoms. The molecule has 1 rings (SSSR count). The Kier molecular flexibility index (Phi) is 2.76. The number of ether oxygens (including phenoxy) is 1. The summed E-state index contributed by atoms with van der Waals surface area (Å²) in [5.74, 6) is 0.584. The first-order valence-electron chi connectivity index (χ1n) is 3.59. The SMILES string of the molecule is [B]Cc1ccc(C#N)c(OC)c1. The fourth-order valence-electron chi connectivity index (χ4n) is 0.955. The monoisotopic (exact) mass is 157 g/mol. The molecule has 0 saturated heterocycles. The van der Waals surface area contributed by atoms with Crippen LogP contribution in [0.5, 0.6) is 5.75 Å². The fraction of sp³-hybridized carbons (Fsp3) is 0.222. The van der Waals surface area contributed by atoms with Crippen LogP contribution in [0.4, 0.5) is 0 Å². The summed E-state index contributed by atoms with van der Waals surface area (Å²) in [7, 11) is 6.96. The normalized spacial score (nSPS) is 9.00. The Morgan fingerprint density at radius 2 is 2.33 bits per heavy atom. The average Bonchev–Trinajstić information content (AvgIpc) is 2.16. The molecule has 1 aromatic rings. The highest BCUT2D eigenvalue weighted by molar-refractivity contribution is 6.08. The van der Waals surface area contributed by atoms with E-state index in [4.69, 9.17) is 17.8 Å². The van der Waals surface area contributed by atoms with E-state index in [0.717, 1.165) is 5.56 Å². The van der Waals surface area contributed by atoms with Gasteiger partial charge in [-0.05, 0) is 12.1 Å². The summed E-state index contributed by atoms with van der Waals surface area (Å²) in [6.07, 6.45) is 0.460. The van der Waals surface area contributed by atoms with Crippen molar-refractivity contribution in [1.82, 2.24) is 0 Å². The van der Waals surface area contributed by atoms with Crippen molar-refractivity contribution in [3.8, 4) is 11.8 Å². The van der Waals surface area contributed by atoms with Crippen molar-refractivity contribution >= 4 is 7.85 Å². The largest absolute Gasteiger partial charge is 0.495 e. The van der Waals surface area contributed by atoms with Gasteiger partial charge >= 0.3 is 0 Å². The standard InChI is InChI=1S/C9H8BNO/c1-12-9-4-7(5-10)2-3-8(9)6-11/h2-4H,5H2,1H3. The molecule has 0 aromatic heterocycles. The van der Waals surface area contributed by atoms with Crippen LogP contribution in [-0.2, 0) is 6.32 Å². The first kappa shape index (κ1) is 8.67. The van der Waals surface area contributed by atoms with Crippen LogP contribution in [0.15, 0.2) is 18.2 Å². The quantitative estimate of drug-likeness (QED) is 0.605. The molecular formula is C9H8BNO. The number of hydrogen-bond acceptors (Lipinski definition) is 2. The minimum absolute atomic E-state index is 0.460. The van der Waals surface area contributed by atoms with Gasteiger partial charge in [-0.3, -0.25) is 0 Å². The van der Waals surface area contributed by atoms with E-state index in [-0.39, 0.29) is 0 Å². The average molecular weight is 157 g/mol. The highest BCUT2D eigenvalue weighted by Gasteiger charge is 2.01. The summed E-state index contributed by atoms with van der Waals surface area (Å²) in [4.78, 5) is 0. The van der Waals surface area contributed by atoms with Gasteiger partial charge in [-0.25, -0.2) is 0 Å². The molecule has 0 bridgehead atoms. The van der Waals surface area contributed by atoms with Gasteiger partial charge in [0.1, 0.15) is 11.8 Å². The third kappa shape index (κ3) is 1.59. The molecule has 3 heteroatoms. The summed E-state index contributed by atoms with van der Waals surface area (Å²) >= 11 is 0. The second-order valence-electron chi connectivity index (χ2n) is 2.35. The lowest BCUT2D eigenvalue weighted by atomic mass is 9.96. The number of nitrogens with zero attached hydrogens (tertiary/aromatic N) is 1. The van der Waals surface area contributed by atoms with Gasteiger partial charge in [0.2, 0.25) is 0 Å². The van der Waals surface area contributed by atoms with Crippen LogP contribution >= 0.6 is 0 Å². The van der Waals surface area contributed by atoms with E-state index in [1.165, 1.54) is 7.11 Å². The van der Waals surface area contributed by atoms with Gasteiger partial charge in [-0.1, -0.05) is 17.9 Å². The van der Waals surface area contributed by atoms with Crippen molar-refractivity contribution in [2.75, 3.05) is 7.11 Å². The van der Waals surface area contributed by atoms with Gasteiger partial charge in [0, 0.05) is 0 Å². The van der Waals surface area contributed by atoms with E-state index in [1.807, 2.05) is 12.1 Å². The zero-order valence-corrected chi connectivity index (χ0v) is 6.87. The predicted octanol–water partition coefficient (Wildman–Crippen LogP) is 1.24. The Hall–Kier alpha value is -1.43. The maximum atomic E-state index is 8.65. The molecule has 2 nitrogen and oxygen atoms in total. The van der Waals surface area contributed by atoms with Crippen LogP contribution in [0.1, 0.15) is 11.1 Å². The van der Waals surface area contributed by atoms with E-state index < -0.39 is 0 Å². The summed E-state index contributed by atoms with van der Waals surface area (Å²) in [5, 5.41) is 8.65. The van der Waals surface area contributed by atoms with E-state index in [1.54, 1.807) is 12.1 Å². The number of methoxy groups -OCH3 is 1. The molecular weight excluding hydrogens is 149 g/mol. The van der Waals surface area contributed by atoms with Crippen LogP contribution in [0, 0.1) is 11.3 Å². The van der Waals surface area contributed by atoms with Gasteiger partial charge in [-0.2, -0.15) is 5.26 Å². The fourth-order valence-corrected chi connectivity index (χ4v) is 0.955. The Balaban J connectivity index is 3.13. The molecule has 2 radical (unpaired) electrons. The molecule has 12 heavy (non-hydrogen) atoms. The molecule has 0 aliphatic rings. The van der Waals surface area contributed by atoms with Crippen LogP contribution < -0.4 is 4.74 Å². The first-order valence-corrected chi connectivity index (χ1v) is 3.59. The molecule has 1 aromatic carbocycles. The second-order valence-corrected chi connectivity index (χ2v) is 2.35. The topological polar surface area (TPSA) is 33.0 Å². The molecule has 58 valence electrons. The number of hydrogen-bond donors (Lipinski definition) is 0. The van der Waals surface area contributed by atoms with Crippen LogP contribution in [0.2, 0.25) is 0 Å². The van der Waals surface area contributed by atoms with Crippen molar-refractivity contribution < 1.29 is 4.74 Å². The van der Waals surface area contributed by atoms with Crippen molar-refractivity contribution in [3.63, 3.8) is 0 Å². The van der Waals surface area contributed by atoms with E-state index >= 15 is 0 Å². The van der Waals surface area contributed by atoms with Crippen LogP contribution in [0.25, 0.3) is 0 Å². The smallest absolute Gasteiger partial charge is 0.136 e. The summed E-state index contributed by atoms with van der Waals surface area (Å²) in [5.41, 5.74) is 1.50. The molecule has 0 fully saturated rings. The number of nitriles is 1. The Morgan fingerprint density at radius 1 is 1.58 bits per heavy atom. The maximum absolute atomic E-state index is 8.65. The number of benzene rings is 1. The molecule has 0 atom stereocenters. The van der Waals surface area contributed by atoms with Crippen molar-refractivity contribution in [2.45, 2.75) is 6.32 Å². The van der Waals surface area contributed by atoms with Gasteiger partial charge in [0.25, 0.3) is 0 Å². The molecule has 0 N–H and O–H groups in total. The predicted molar refractivity (Wildman–Crippen MR) is 47.2 cm³/mol. The molecule has 0 unspecified atom stereocenters. The van der Waals surface area contributed by atoms with E-state index in [2.05, 4.69) is 0 Å². The molecule has 0 amide bonds. The Morgan fingerprint density at radius 3 is 2.83 bits per heavy atom. The van der Waals surface area contributed by atoms with Crippen LogP contribution in [0.3, 0.4) is 0 Å². The van der Waals surface area contributed by atoms with Gasteiger partial charge in [0.05, 0.1) is 20.5 Å². The highest BCUT2D eigenvalue weighted by atomic mass is 16.5. The maximum Gasteiger partial charge on any atom is 0.136 e. The zero-order valence-electron chi connectivity index (χ0n) is 6.87. The third-order valence-electron chi connectivity index (χ3n) is 1.62. The molecule has 0 aliphatic carbocycles. The Labute approximate surface area is 73.2 Å². The summed E-state index contributed by atoms with van der Waals surface area (Å²) in [6, 6.07) is 7.34. The van der Waals surface area contributed by atoms with Gasteiger partial charge in [0.15, 0.2) is 0 Å².